The van der Waals surface area contributed by atoms with E-state index < -0.39 is 8.32 Å². The molecule has 0 amide bonds. The second kappa shape index (κ2) is 11.0. The Morgan fingerprint density at radius 2 is 1.58 bits per heavy atom. The Labute approximate surface area is 193 Å². The quantitative estimate of drug-likeness (QED) is 0.237. The molecular weight excluding hydrogens is 396 g/mol. The number of carbonyl (C=O) groups excluding carboxylic acids is 1. The number of carbonyl (C=O) groups is 1. The first kappa shape index (κ1) is 25.0. The number of fused-ring (bicyclic) bond motifs is 3. The summed E-state index contributed by atoms with van der Waals surface area (Å²) in [6.07, 6.45) is 19.0. The highest BCUT2D eigenvalue weighted by atomic mass is 28.4. The van der Waals surface area contributed by atoms with Crippen LogP contribution in [0.3, 0.4) is 0 Å². The first-order valence-electron chi connectivity index (χ1n) is 13.5. The fourth-order valence-corrected chi connectivity index (χ4v) is 11.7. The molecule has 0 radical (unpaired) electrons. The highest BCUT2D eigenvalue weighted by Crippen LogP contribution is 2.54. The molecule has 0 heterocycles. The number of hydrogen-bond acceptors (Lipinski definition) is 2. The Kier molecular flexibility index (Phi) is 8.83. The Bertz CT molecular complexity index is 640. The molecule has 31 heavy (non-hydrogen) atoms. The molecule has 0 aromatic rings. The van der Waals surface area contributed by atoms with Gasteiger partial charge in [-0.1, -0.05) is 90.9 Å². The van der Waals surface area contributed by atoms with Gasteiger partial charge in [-0.05, 0) is 61.2 Å². The zero-order valence-corrected chi connectivity index (χ0v) is 22.1. The summed E-state index contributed by atoms with van der Waals surface area (Å²) in [7, 11) is -1.80. The van der Waals surface area contributed by atoms with E-state index in [4.69, 9.17) is 4.43 Å². The van der Waals surface area contributed by atoms with Crippen molar-refractivity contribution in [2.45, 2.75) is 123 Å². The van der Waals surface area contributed by atoms with Gasteiger partial charge in [-0.2, -0.15) is 0 Å². The molecule has 0 unspecified atom stereocenters. The molecule has 0 aliphatic heterocycles. The van der Waals surface area contributed by atoms with Crippen LogP contribution in [0.2, 0.25) is 18.1 Å². The molecule has 0 aromatic carbocycles. The maximum absolute atomic E-state index is 13.2. The number of ketones is 1. The van der Waals surface area contributed by atoms with E-state index in [1.807, 2.05) is 6.08 Å². The summed E-state index contributed by atoms with van der Waals surface area (Å²) in [6.45, 7) is 11.8. The van der Waals surface area contributed by atoms with E-state index in [-0.39, 0.29) is 17.4 Å². The lowest BCUT2D eigenvalue weighted by Crippen LogP contribution is -2.52. The van der Waals surface area contributed by atoms with Crippen LogP contribution in [0, 0.1) is 23.2 Å². The molecule has 3 aliphatic rings. The lowest BCUT2D eigenvalue weighted by atomic mass is 9.56. The van der Waals surface area contributed by atoms with E-state index in [1.165, 1.54) is 63.1 Å². The van der Waals surface area contributed by atoms with Gasteiger partial charge in [0.2, 0.25) is 0 Å². The lowest BCUT2D eigenvalue weighted by molar-refractivity contribution is -0.125. The van der Waals surface area contributed by atoms with Crippen molar-refractivity contribution >= 4 is 14.1 Å². The normalized spacial score (nSPS) is 30.0. The molecule has 0 aromatic heterocycles. The van der Waals surface area contributed by atoms with Crippen molar-refractivity contribution in [3.8, 4) is 0 Å². The molecule has 3 rings (SSSR count). The van der Waals surface area contributed by atoms with Gasteiger partial charge in [0, 0.05) is 11.8 Å². The van der Waals surface area contributed by atoms with E-state index in [1.54, 1.807) is 5.57 Å². The molecular formula is C28H48O2Si. The Hall–Kier alpha value is -0.673. The average molecular weight is 445 g/mol. The molecule has 0 saturated heterocycles. The van der Waals surface area contributed by atoms with Gasteiger partial charge in [-0.3, -0.25) is 4.79 Å². The van der Waals surface area contributed by atoms with Gasteiger partial charge in [0.1, 0.15) is 0 Å². The van der Waals surface area contributed by atoms with Gasteiger partial charge >= 0.3 is 0 Å². The minimum Gasteiger partial charge on any atom is -0.413 e. The van der Waals surface area contributed by atoms with E-state index in [0.29, 0.717) is 17.6 Å². The SMILES string of the molecule is CCCC[Si](CCCC)(CCCC)O[C@@H]1CCC(C)(C)C2=CC[C@H]3CC=CC(=O)[C@H]3[C@H]21. The van der Waals surface area contributed by atoms with Gasteiger partial charge in [0.25, 0.3) is 0 Å². The smallest absolute Gasteiger partial charge is 0.193 e. The molecule has 0 spiro atoms. The Morgan fingerprint density at radius 3 is 2.16 bits per heavy atom. The van der Waals surface area contributed by atoms with Crippen LogP contribution in [0.1, 0.15) is 98.8 Å². The molecule has 0 N–H and O–H groups in total. The molecule has 176 valence electrons. The summed E-state index contributed by atoms with van der Waals surface area (Å²) in [5, 5.41) is 0. The fourth-order valence-electron chi connectivity index (χ4n) is 6.66. The topological polar surface area (TPSA) is 26.3 Å². The molecule has 4 atom stereocenters. The van der Waals surface area contributed by atoms with E-state index >= 15 is 0 Å². The highest BCUT2D eigenvalue weighted by Gasteiger charge is 2.51. The summed E-state index contributed by atoms with van der Waals surface area (Å²) < 4.78 is 7.47. The van der Waals surface area contributed by atoms with Gasteiger partial charge in [-0.15, -0.1) is 0 Å². The predicted molar refractivity (Wildman–Crippen MR) is 135 cm³/mol. The van der Waals surface area contributed by atoms with Crippen molar-refractivity contribution in [1.82, 2.24) is 0 Å². The number of hydrogen-bond donors (Lipinski definition) is 0. The monoisotopic (exact) mass is 444 g/mol. The first-order chi connectivity index (χ1) is 14.9. The Morgan fingerprint density at radius 1 is 0.968 bits per heavy atom. The molecule has 1 fully saturated rings. The zero-order chi connectivity index (χ0) is 22.5. The highest BCUT2D eigenvalue weighted by molar-refractivity contribution is 6.73. The van der Waals surface area contributed by atoms with Crippen LogP contribution in [0.25, 0.3) is 0 Å². The molecule has 2 nitrogen and oxygen atoms in total. The minimum atomic E-state index is -1.80. The third-order valence-corrected chi connectivity index (χ3v) is 13.1. The van der Waals surface area contributed by atoms with Crippen molar-refractivity contribution in [2.24, 2.45) is 23.2 Å². The van der Waals surface area contributed by atoms with Crippen molar-refractivity contribution in [2.75, 3.05) is 0 Å². The average Bonchev–Trinajstić information content (AvgIpc) is 2.76. The van der Waals surface area contributed by atoms with E-state index in [0.717, 1.165) is 19.3 Å². The van der Waals surface area contributed by atoms with Gasteiger partial charge < -0.3 is 4.43 Å². The van der Waals surface area contributed by atoms with Crippen LogP contribution in [0.15, 0.2) is 23.8 Å². The third-order valence-electron chi connectivity index (χ3n) is 8.54. The van der Waals surface area contributed by atoms with Gasteiger partial charge in [0.05, 0.1) is 6.10 Å². The summed E-state index contributed by atoms with van der Waals surface area (Å²) in [4.78, 5) is 13.2. The van der Waals surface area contributed by atoms with Crippen molar-refractivity contribution in [3.63, 3.8) is 0 Å². The fraction of sp³-hybridized carbons (Fsp3) is 0.821. The van der Waals surface area contributed by atoms with Crippen LogP contribution in [-0.2, 0) is 9.22 Å². The second-order valence-electron chi connectivity index (χ2n) is 11.3. The van der Waals surface area contributed by atoms with E-state index in [2.05, 4.69) is 46.8 Å². The molecule has 3 heteroatoms. The summed E-state index contributed by atoms with van der Waals surface area (Å²) in [5.41, 5.74) is 1.76. The first-order valence-corrected chi connectivity index (χ1v) is 16.0. The standard InChI is InChI=1S/C28H48O2Si/c1-6-9-19-31(20-10-7-2,21-11-8-3)30-25-17-18-28(4,5)23-16-15-22-13-12-14-24(29)26(22)27(23)25/h12,14,16,22,25-27H,6-11,13,15,17-21H2,1-5H3/t22-,25-,26+,27-/m1/s1. The number of unbranched alkanes of at least 4 members (excludes halogenated alkanes) is 3. The van der Waals surface area contributed by atoms with Crippen LogP contribution >= 0.6 is 0 Å². The molecule has 3 aliphatic carbocycles. The van der Waals surface area contributed by atoms with Gasteiger partial charge in [-0.25, -0.2) is 0 Å². The lowest BCUT2D eigenvalue weighted by Gasteiger charge is -2.52. The molecule has 0 bridgehead atoms. The third kappa shape index (κ3) is 5.64. The largest absolute Gasteiger partial charge is 0.413 e. The summed E-state index contributed by atoms with van der Waals surface area (Å²) >= 11 is 0. The van der Waals surface area contributed by atoms with Crippen LogP contribution in [0.4, 0.5) is 0 Å². The Balaban J connectivity index is 1.93. The van der Waals surface area contributed by atoms with Crippen molar-refractivity contribution in [3.05, 3.63) is 23.8 Å². The maximum atomic E-state index is 13.2. The van der Waals surface area contributed by atoms with Crippen molar-refractivity contribution in [1.29, 1.82) is 0 Å². The van der Waals surface area contributed by atoms with Crippen LogP contribution in [-0.4, -0.2) is 20.2 Å². The van der Waals surface area contributed by atoms with Crippen molar-refractivity contribution < 1.29 is 9.22 Å². The van der Waals surface area contributed by atoms with Crippen LogP contribution in [0.5, 0.6) is 0 Å². The summed E-state index contributed by atoms with van der Waals surface area (Å²) in [6, 6.07) is 3.95. The second-order valence-corrected chi connectivity index (χ2v) is 15.4. The maximum Gasteiger partial charge on any atom is 0.193 e. The number of allylic oxidation sites excluding steroid dienone is 3. The van der Waals surface area contributed by atoms with Crippen LogP contribution < -0.4 is 0 Å². The minimum absolute atomic E-state index is 0.157. The zero-order valence-electron chi connectivity index (χ0n) is 21.1. The van der Waals surface area contributed by atoms with Gasteiger partial charge in [0.15, 0.2) is 14.1 Å². The predicted octanol–water partition coefficient (Wildman–Crippen LogP) is 8.25. The number of rotatable bonds is 11. The summed E-state index contributed by atoms with van der Waals surface area (Å²) in [5.74, 6) is 1.34. The molecule has 1 saturated carbocycles. The van der Waals surface area contributed by atoms with E-state index in [9.17, 15) is 4.79 Å².